The van der Waals surface area contributed by atoms with Crippen molar-refractivity contribution in [1.82, 2.24) is 0 Å². The lowest BCUT2D eigenvalue weighted by molar-refractivity contribution is 0.0989. The van der Waals surface area contributed by atoms with Gasteiger partial charge in [0.05, 0.1) is 21.2 Å². The third-order valence-corrected chi connectivity index (χ3v) is 8.83. The first-order chi connectivity index (χ1) is 13.7. The molecule has 16 heteroatoms. The Morgan fingerprint density at radius 1 is 0.700 bits per heavy atom. The molecule has 0 unspecified atom stereocenters. The van der Waals surface area contributed by atoms with E-state index in [2.05, 4.69) is 0 Å². The van der Waals surface area contributed by atoms with E-state index in [1.807, 2.05) is 0 Å². The summed E-state index contributed by atoms with van der Waals surface area (Å²) in [4.78, 5) is 22.9. The lowest BCUT2D eigenvalue weighted by Crippen LogP contribution is -2.18. The Balaban J connectivity index is 2.55. The van der Waals surface area contributed by atoms with Crippen LogP contribution < -0.4 is 21.7 Å². The molecule has 0 fully saturated rings. The molecule has 0 saturated carbocycles. The van der Waals surface area contributed by atoms with Crippen molar-refractivity contribution in [2.75, 3.05) is 0 Å². The van der Waals surface area contributed by atoms with Gasteiger partial charge in [-0.05, 0) is 24.3 Å². The smallest absolute Gasteiger partial charge is 0.251 e. The first-order valence-electron chi connectivity index (χ1n) is 7.31. The Bertz CT molecular complexity index is 1180. The van der Waals surface area contributed by atoms with Gasteiger partial charge in [-0.25, -0.2) is 27.1 Å². The van der Waals surface area contributed by atoms with Crippen LogP contribution in [0.3, 0.4) is 0 Å². The maximum absolute atomic E-state index is 11.8. The molecular weight excluding hydrogens is 519 g/mol. The predicted octanol–water partition coefficient (Wildman–Crippen LogP) is 1.29. The van der Waals surface area contributed by atoms with Crippen molar-refractivity contribution in [3.8, 4) is 0 Å². The van der Waals surface area contributed by atoms with Crippen molar-refractivity contribution in [1.29, 1.82) is 0 Å². The Labute approximate surface area is 189 Å². The highest BCUT2D eigenvalue weighted by atomic mass is 35.5. The predicted molar refractivity (Wildman–Crippen MR) is 114 cm³/mol. The van der Waals surface area contributed by atoms with Crippen molar-refractivity contribution in [2.24, 2.45) is 21.7 Å². The van der Waals surface area contributed by atoms with Gasteiger partial charge in [0.25, 0.3) is 11.8 Å². The molecule has 0 aliphatic rings. The van der Waals surface area contributed by atoms with Crippen LogP contribution in [-0.4, -0.2) is 28.6 Å². The normalized spacial score (nSPS) is 12.0. The standard InChI is InChI=1S/C14H12Cl2N4O6S4/c15-11-7(29(19,23)24)3-1-5(9(11)13(17)21)27-28-6-2-4-8(30(20,25)26)12(16)10(6)14(18)22/h1-4H,(H2,17,21)(H2,18,22)(H2,19,23,24)(H2,20,25,26). The molecule has 2 amide bonds. The van der Waals surface area contributed by atoms with Crippen molar-refractivity contribution < 1.29 is 26.4 Å². The molecule has 0 saturated heterocycles. The summed E-state index contributed by atoms with van der Waals surface area (Å²) in [5, 5.41) is 9.19. The van der Waals surface area contributed by atoms with Gasteiger partial charge < -0.3 is 11.5 Å². The third-order valence-electron chi connectivity index (χ3n) is 3.46. The van der Waals surface area contributed by atoms with Gasteiger partial charge in [0.15, 0.2) is 0 Å². The van der Waals surface area contributed by atoms with Gasteiger partial charge in [-0.2, -0.15) is 0 Å². The van der Waals surface area contributed by atoms with E-state index in [-0.39, 0.29) is 20.9 Å². The van der Waals surface area contributed by atoms with E-state index in [4.69, 9.17) is 44.9 Å². The topological polar surface area (TPSA) is 206 Å². The summed E-state index contributed by atoms with van der Waals surface area (Å²) < 4.78 is 46.4. The number of nitrogens with two attached hydrogens (primary N) is 4. The summed E-state index contributed by atoms with van der Waals surface area (Å²) in [5.41, 5.74) is 10.00. The van der Waals surface area contributed by atoms with E-state index in [9.17, 15) is 26.4 Å². The molecule has 0 aromatic heterocycles. The van der Waals surface area contributed by atoms with Gasteiger partial charge in [-0.3, -0.25) is 9.59 Å². The second-order valence-electron chi connectivity index (χ2n) is 5.49. The zero-order valence-electron chi connectivity index (χ0n) is 14.5. The van der Waals surface area contributed by atoms with Crippen LogP contribution in [0.5, 0.6) is 0 Å². The number of hydrogen-bond donors (Lipinski definition) is 4. The minimum absolute atomic E-state index is 0.145. The highest BCUT2D eigenvalue weighted by Crippen LogP contribution is 2.44. The highest BCUT2D eigenvalue weighted by molar-refractivity contribution is 8.76. The highest BCUT2D eigenvalue weighted by Gasteiger charge is 2.25. The molecule has 0 aliphatic carbocycles. The second-order valence-corrected chi connectivity index (χ2v) is 11.5. The van der Waals surface area contributed by atoms with E-state index in [1.165, 1.54) is 12.1 Å². The van der Waals surface area contributed by atoms with Crippen LogP contribution in [0.25, 0.3) is 0 Å². The molecule has 8 N–H and O–H groups in total. The molecule has 2 aromatic rings. The molecule has 2 rings (SSSR count). The molecule has 162 valence electrons. The van der Waals surface area contributed by atoms with Gasteiger partial charge in [0.2, 0.25) is 20.0 Å². The average Bonchev–Trinajstić information content (AvgIpc) is 2.56. The molecule has 0 atom stereocenters. The van der Waals surface area contributed by atoms with Crippen LogP contribution in [-0.2, 0) is 20.0 Å². The molecular formula is C14H12Cl2N4O6S4. The molecule has 30 heavy (non-hydrogen) atoms. The number of benzene rings is 2. The van der Waals surface area contributed by atoms with Crippen LogP contribution in [0, 0.1) is 0 Å². The molecule has 0 aliphatic heterocycles. The molecule has 0 spiro atoms. The number of halogens is 2. The van der Waals surface area contributed by atoms with Crippen LogP contribution in [0.15, 0.2) is 43.8 Å². The van der Waals surface area contributed by atoms with E-state index in [0.717, 1.165) is 33.7 Å². The van der Waals surface area contributed by atoms with Gasteiger partial charge >= 0.3 is 0 Å². The largest absolute Gasteiger partial charge is 0.366 e. The van der Waals surface area contributed by atoms with Crippen molar-refractivity contribution in [2.45, 2.75) is 19.6 Å². The average molecular weight is 531 g/mol. The van der Waals surface area contributed by atoms with Crippen molar-refractivity contribution in [3.63, 3.8) is 0 Å². The van der Waals surface area contributed by atoms with E-state index in [0.29, 0.717) is 0 Å². The van der Waals surface area contributed by atoms with Gasteiger partial charge in [0, 0.05) is 9.79 Å². The molecule has 2 aromatic carbocycles. The number of primary sulfonamides is 2. The number of primary amides is 2. The first-order valence-corrected chi connectivity index (χ1v) is 13.3. The Hall–Kier alpha value is -1.52. The molecule has 10 nitrogen and oxygen atoms in total. The summed E-state index contributed by atoms with van der Waals surface area (Å²) in [6.07, 6.45) is 0. The minimum Gasteiger partial charge on any atom is -0.366 e. The molecule has 0 bridgehead atoms. The van der Waals surface area contributed by atoms with E-state index >= 15 is 0 Å². The van der Waals surface area contributed by atoms with E-state index in [1.54, 1.807) is 0 Å². The number of sulfonamides is 2. The molecule has 0 radical (unpaired) electrons. The fourth-order valence-corrected chi connectivity index (χ4v) is 7.07. The summed E-state index contributed by atoms with van der Waals surface area (Å²) in [7, 11) is -6.71. The summed E-state index contributed by atoms with van der Waals surface area (Å²) >= 11 is 12.0. The first kappa shape index (κ1) is 24.7. The monoisotopic (exact) mass is 530 g/mol. The quantitative estimate of drug-likeness (QED) is 0.382. The minimum atomic E-state index is -4.22. The van der Waals surface area contributed by atoms with Gasteiger partial charge in [-0.15, -0.1) is 0 Å². The number of rotatable bonds is 7. The maximum Gasteiger partial charge on any atom is 0.251 e. The zero-order chi connectivity index (χ0) is 23.0. The summed E-state index contributed by atoms with van der Waals surface area (Å²) in [5.74, 6) is -2.04. The summed E-state index contributed by atoms with van der Waals surface area (Å²) in [6.45, 7) is 0. The van der Waals surface area contributed by atoms with Crippen molar-refractivity contribution >= 4 is 76.7 Å². The fourth-order valence-electron chi connectivity index (χ4n) is 2.21. The number of carbonyl (C=O) groups is 2. The Morgan fingerprint density at radius 2 is 1.00 bits per heavy atom. The van der Waals surface area contributed by atoms with Gasteiger partial charge in [-0.1, -0.05) is 44.8 Å². The Morgan fingerprint density at radius 3 is 1.23 bits per heavy atom. The fraction of sp³-hybridized carbons (Fsp3) is 0. The second kappa shape index (κ2) is 8.92. The number of carbonyl (C=O) groups excluding carboxylic acids is 2. The lowest BCUT2D eigenvalue weighted by atomic mass is 10.2. The van der Waals surface area contributed by atoms with Crippen LogP contribution in [0.4, 0.5) is 0 Å². The molecule has 0 heterocycles. The van der Waals surface area contributed by atoms with Crippen LogP contribution in [0.1, 0.15) is 20.7 Å². The van der Waals surface area contributed by atoms with Crippen LogP contribution in [0.2, 0.25) is 10.0 Å². The van der Waals surface area contributed by atoms with E-state index < -0.39 is 51.7 Å². The van der Waals surface area contributed by atoms with Crippen LogP contribution >= 0.6 is 44.8 Å². The number of hydrogen-bond acceptors (Lipinski definition) is 8. The van der Waals surface area contributed by atoms with Crippen molar-refractivity contribution in [3.05, 3.63) is 45.4 Å². The number of amides is 2. The SMILES string of the molecule is NC(=O)c1c(SSc2ccc(S(N)(=O)=O)c(Cl)c2C(N)=O)ccc(S(N)(=O)=O)c1Cl. The Kier molecular flexibility index (Phi) is 7.36. The maximum atomic E-state index is 11.8. The third kappa shape index (κ3) is 5.20. The lowest BCUT2D eigenvalue weighted by Gasteiger charge is -2.13. The van der Waals surface area contributed by atoms with Gasteiger partial charge in [0.1, 0.15) is 9.79 Å². The summed E-state index contributed by atoms with van der Waals surface area (Å²) in [6, 6.07) is 4.65. The zero-order valence-corrected chi connectivity index (χ0v) is 19.2.